The van der Waals surface area contributed by atoms with Gasteiger partial charge in [0.1, 0.15) is 18.0 Å². The van der Waals surface area contributed by atoms with Crippen LogP contribution in [-0.2, 0) is 19.1 Å². The van der Waals surface area contributed by atoms with Gasteiger partial charge < -0.3 is 14.2 Å². The van der Waals surface area contributed by atoms with Crippen molar-refractivity contribution >= 4 is 11.9 Å². The molecule has 1 aromatic rings. The van der Waals surface area contributed by atoms with E-state index in [0.717, 1.165) is 57.1 Å². The molecule has 7 heteroatoms. The highest BCUT2D eigenvalue weighted by atomic mass is 19.1. The van der Waals surface area contributed by atoms with Crippen LogP contribution in [0.25, 0.3) is 0 Å². The fourth-order valence-electron chi connectivity index (χ4n) is 4.79. The van der Waals surface area contributed by atoms with Crippen LogP contribution in [0.15, 0.2) is 24.3 Å². The van der Waals surface area contributed by atoms with Crippen LogP contribution < -0.4 is 4.74 Å². The molecule has 0 unspecified atom stereocenters. The normalized spacial score (nSPS) is 26.8. The van der Waals surface area contributed by atoms with Crippen LogP contribution in [0.2, 0.25) is 0 Å². The standard InChI is InChI=1S/C27H38F2O5/c1-3-24(28)26(30)33-22-11-5-18(6-12-22)17-32-21-13-7-19(8-14-21)20-9-15-23(16-10-20)34-27(31)25(29)4-2/h7-8,13-14,18,20,22-25H,3-6,9-12,15-17H2,1-2H3/t18?,20?,22?,23?,24-,25-/m0/s1. The maximum absolute atomic E-state index is 13.4. The van der Waals surface area contributed by atoms with Crippen LogP contribution in [0.5, 0.6) is 5.75 Å². The van der Waals surface area contributed by atoms with Crippen LogP contribution >= 0.6 is 0 Å². The molecule has 1 aromatic carbocycles. The fourth-order valence-corrected chi connectivity index (χ4v) is 4.79. The van der Waals surface area contributed by atoms with E-state index in [1.54, 1.807) is 13.8 Å². The molecule has 0 aromatic heterocycles. The second-order valence-electron chi connectivity index (χ2n) is 9.62. The molecule has 5 nitrogen and oxygen atoms in total. The Balaban J connectivity index is 1.36. The predicted octanol–water partition coefficient (Wildman–Crippen LogP) is 6.23. The minimum absolute atomic E-state index is 0.150. The van der Waals surface area contributed by atoms with Gasteiger partial charge >= 0.3 is 11.9 Å². The summed E-state index contributed by atoms with van der Waals surface area (Å²) in [5.41, 5.74) is 1.25. The summed E-state index contributed by atoms with van der Waals surface area (Å²) < 4.78 is 43.4. The lowest BCUT2D eigenvalue weighted by molar-refractivity contribution is -0.157. The Labute approximate surface area is 201 Å². The van der Waals surface area contributed by atoms with E-state index in [9.17, 15) is 18.4 Å². The van der Waals surface area contributed by atoms with Crippen molar-refractivity contribution in [3.8, 4) is 5.75 Å². The number of benzene rings is 1. The van der Waals surface area contributed by atoms with E-state index in [4.69, 9.17) is 14.2 Å². The number of carbonyl (C=O) groups is 2. The first kappa shape index (κ1) is 26.4. The number of hydrogen-bond acceptors (Lipinski definition) is 5. The summed E-state index contributed by atoms with van der Waals surface area (Å²) in [6.07, 6.45) is 3.53. The third-order valence-electron chi connectivity index (χ3n) is 7.10. The second-order valence-corrected chi connectivity index (χ2v) is 9.62. The number of halogens is 2. The maximum atomic E-state index is 13.4. The van der Waals surface area contributed by atoms with E-state index in [-0.39, 0.29) is 25.0 Å². The molecule has 2 aliphatic carbocycles. The van der Waals surface area contributed by atoms with E-state index >= 15 is 0 Å². The lowest BCUT2D eigenvalue weighted by Gasteiger charge is -2.29. The third kappa shape index (κ3) is 7.67. The smallest absolute Gasteiger partial charge is 0.340 e. The van der Waals surface area contributed by atoms with Gasteiger partial charge in [-0.2, -0.15) is 0 Å². The molecule has 2 fully saturated rings. The van der Waals surface area contributed by atoms with Gasteiger partial charge in [0.2, 0.25) is 0 Å². The highest BCUT2D eigenvalue weighted by molar-refractivity contribution is 5.75. The van der Waals surface area contributed by atoms with Gasteiger partial charge in [-0.05, 0) is 93.7 Å². The van der Waals surface area contributed by atoms with E-state index in [0.29, 0.717) is 18.4 Å². The molecule has 3 rings (SSSR count). The quantitative estimate of drug-likeness (QED) is 0.371. The minimum Gasteiger partial charge on any atom is -0.493 e. The van der Waals surface area contributed by atoms with Gasteiger partial charge in [-0.25, -0.2) is 18.4 Å². The molecule has 0 spiro atoms. The summed E-state index contributed by atoms with van der Waals surface area (Å²) >= 11 is 0. The zero-order valence-electron chi connectivity index (χ0n) is 20.3. The van der Waals surface area contributed by atoms with Gasteiger partial charge in [-0.1, -0.05) is 26.0 Å². The first-order chi connectivity index (χ1) is 16.4. The van der Waals surface area contributed by atoms with Gasteiger partial charge in [-0.15, -0.1) is 0 Å². The number of alkyl halides is 2. The number of carbonyl (C=O) groups excluding carboxylic acids is 2. The first-order valence-electron chi connectivity index (χ1n) is 12.8. The zero-order valence-corrected chi connectivity index (χ0v) is 20.3. The van der Waals surface area contributed by atoms with Gasteiger partial charge in [0.15, 0.2) is 12.3 Å². The van der Waals surface area contributed by atoms with E-state index in [2.05, 4.69) is 12.1 Å². The van der Waals surface area contributed by atoms with Gasteiger partial charge in [0, 0.05) is 0 Å². The van der Waals surface area contributed by atoms with Gasteiger partial charge in [0.05, 0.1) is 6.61 Å². The summed E-state index contributed by atoms with van der Waals surface area (Å²) in [5, 5.41) is 0. The van der Waals surface area contributed by atoms with Crippen molar-refractivity contribution in [2.24, 2.45) is 5.92 Å². The fraction of sp³-hybridized carbons (Fsp3) is 0.704. The average molecular weight is 481 g/mol. The lowest BCUT2D eigenvalue weighted by Crippen LogP contribution is -2.30. The van der Waals surface area contributed by atoms with Crippen molar-refractivity contribution < 1.29 is 32.6 Å². The number of ether oxygens (including phenoxy) is 3. The van der Waals surface area contributed by atoms with Crippen LogP contribution in [0, 0.1) is 5.92 Å². The molecule has 2 atom stereocenters. The molecule has 0 bridgehead atoms. The molecular formula is C27H38F2O5. The topological polar surface area (TPSA) is 61.8 Å². The SMILES string of the molecule is CC[C@H](F)C(=O)OC1CCC(COc2ccc(C3CCC(OC(=O)[C@@H](F)CC)CC3)cc2)CC1. The Morgan fingerprint density at radius 2 is 1.26 bits per heavy atom. The number of hydrogen-bond donors (Lipinski definition) is 0. The molecule has 190 valence electrons. The Kier molecular flexibility index (Phi) is 10.1. The van der Waals surface area contributed by atoms with Crippen LogP contribution in [-0.4, -0.2) is 43.1 Å². The highest BCUT2D eigenvalue weighted by Gasteiger charge is 2.28. The Morgan fingerprint density at radius 3 is 1.74 bits per heavy atom. The first-order valence-corrected chi connectivity index (χ1v) is 12.8. The van der Waals surface area contributed by atoms with Gasteiger partial charge in [0.25, 0.3) is 0 Å². The summed E-state index contributed by atoms with van der Waals surface area (Å²) in [4.78, 5) is 23.3. The summed E-state index contributed by atoms with van der Waals surface area (Å²) in [6, 6.07) is 8.18. The molecule has 2 aliphatic rings. The van der Waals surface area contributed by atoms with Crippen LogP contribution in [0.4, 0.5) is 8.78 Å². The van der Waals surface area contributed by atoms with Crippen molar-refractivity contribution in [2.75, 3.05) is 6.61 Å². The third-order valence-corrected chi connectivity index (χ3v) is 7.10. The van der Waals surface area contributed by atoms with Crippen molar-refractivity contribution in [1.82, 2.24) is 0 Å². The summed E-state index contributed by atoms with van der Waals surface area (Å²) in [5.74, 6) is 0.174. The zero-order chi connectivity index (χ0) is 24.5. The number of esters is 2. The van der Waals surface area contributed by atoms with E-state index in [1.165, 1.54) is 5.56 Å². The molecule has 2 saturated carbocycles. The largest absolute Gasteiger partial charge is 0.493 e. The number of rotatable bonds is 10. The minimum atomic E-state index is -1.52. The van der Waals surface area contributed by atoms with Crippen molar-refractivity contribution in [3.63, 3.8) is 0 Å². The van der Waals surface area contributed by atoms with Crippen molar-refractivity contribution in [3.05, 3.63) is 29.8 Å². The summed E-state index contributed by atoms with van der Waals surface area (Å²) in [7, 11) is 0. The van der Waals surface area contributed by atoms with E-state index < -0.39 is 24.3 Å². The van der Waals surface area contributed by atoms with Crippen LogP contribution in [0.3, 0.4) is 0 Å². The Bertz CT molecular complexity index is 768. The molecule has 0 heterocycles. The maximum Gasteiger partial charge on any atom is 0.340 e. The lowest BCUT2D eigenvalue weighted by atomic mass is 9.82. The molecule has 34 heavy (non-hydrogen) atoms. The molecule has 0 radical (unpaired) electrons. The second kappa shape index (κ2) is 13.1. The van der Waals surface area contributed by atoms with E-state index in [1.807, 2.05) is 12.1 Å². The predicted molar refractivity (Wildman–Crippen MR) is 125 cm³/mol. The molecule has 0 aliphatic heterocycles. The summed E-state index contributed by atoms with van der Waals surface area (Å²) in [6.45, 7) is 3.88. The Hall–Kier alpha value is -2.18. The molecule has 0 N–H and O–H groups in total. The molecule has 0 saturated heterocycles. The highest BCUT2D eigenvalue weighted by Crippen LogP contribution is 2.35. The van der Waals surface area contributed by atoms with Crippen molar-refractivity contribution in [1.29, 1.82) is 0 Å². The average Bonchev–Trinajstić information content (AvgIpc) is 2.88. The monoisotopic (exact) mass is 480 g/mol. The van der Waals surface area contributed by atoms with Gasteiger partial charge in [-0.3, -0.25) is 0 Å². The Morgan fingerprint density at radius 1 is 0.794 bits per heavy atom. The molecule has 0 amide bonds. The van der Waals surface area contributed by atoms with Crippen molar-refractivity contribution in [2.45, 2.75) is 109 Å². The van der Waals surface area contributed by atoms with Crippen LogP contribution in [0.1, 0.15) is 89.5 Å². The molecular weight excluding hydrogens is 442 g/mol.